The number of hydrogen-bond acceptors (Lipinski definition) is 6. The van der Waals surface area contributed by atoms with E-state index in [1.807, 2.05) is 32.0 Å². The third kappa shape index (κ3) is 5.56. The highest BCUT2D eigenvalue weighted by molar-refractivity contribution is 8.00. The second-order valence-corrected chi connectivity index (χ2v) is 8.84. The van der Waals surface area contributed by atoms with Crippen molar-refractivity contribution in [2.75, 3.05) is 5.32 Å². The number of benzene rings is 2. The molecule has 0 aliphatic carbocycles. The van der Waals surface area contributed by atoms with Crippen molar-refractivity contribution in [3.05, 3.63) is 64.7 Å². The number of amides is 1. The van der Waals surface area contributed by atoms with Crippen molar-refractivity contribution in [1.29, 1.82) is 0 Å². The average molecular weight is 414 g/mol. The van der Waals surface area contributed by atoms with Crippen LogP contribution in [0.4, 0.5) is 5.13 Å². The van der Waals surface area contributed by atoms with Gasteiger partial charge in [0.05, 0.1) is 0 Å². The van der Waals surface area contributed by atoms with Gasteiger partial charge in [0.25, 0.3) is 5.91 Å². The van der Waals surface area contributed by atoms with Gasteiger partial charge in [-0.25, -0.2) is 0 Å². The quantitative estimate of drug-likeness (QED) is 0.428. The molecule has 5 nitrogen and oxygen atoms in total. The maximum absolute atomic E-state index is 12.4. The Kier molecular flexibility index (Phi) is 6.70. The first-order chi connectivity index (χ1) is 13.4. The zero-order valence-corrected chi connectivity index (χ0v) is 18.0. The third-order valence-electron chi connectivity index (χ3n) is 4.28. The second kappa shape index (κ2) is 9.21. The molecule has 0 spiro atoms. The SMILES string of the molecule is Cc1ccc(CSc2nnc(NC(=O)C(C)Oc3ccc(C)c(C)c3)s2)cc1. The fraction of sp³-hybridized carbons (Fsp3) is 0.286. The van der Waals surface area contributed by atoms with Crippen molar-refractivity contribution in [3.8, 4) is 5.75 Å². The van der Waals surface area contributed by atoms with Crippen LogP contribution >= 0.6 is 23.1 Å². The topological polar surface area (TPSA) is 64.1 Å². The van der Waals surface area contributed by atoms with Crippen molar-refractivity contribution in [1.82, 2.24) is 10.2 Å². The Balaban J connectivity index is 1.52. The van der Waals surface area contributed by atoms with Crippen LogP contribution in [0.2, 0.25) is 0 Å². The van der Waals surface area contributed by atoms with Gasteiger partial charge < -0.3 is 4.74 Å². The summed E-state index contributed by atoms with van der Waals surface area (Å²) >= 11 is 2.97. The zero-order valence-electron chi connectivity index (χ0n) is 16.4. The fourth-order valence-corrected chi connectivity index (χ4v) is 4.11. The Morgan fingerprint density at radius 3 is 2.57 bits per heavy atom. The van der Waals surface area contributed by atoms with Gasteiger partial charge >= 0.3 is 0 Å². The predicted octanol–water partition coefficient (Wildman–Crippen LogP) is 5.16. The van der Waals surface area contributed by atoms with Crippen LogP contribution in [0.5, 0.6) is 5.75 Å². The lowest BCUT2D eigenvalue weighted by atomic mass is 10.1. The molecule has 0 fully saturated rings. The Bertz CT molecular complexity index is 955. The van der Waals surface area contributed by atoms with Gasteiger partial charge in [-0.05, 0) is 56.5 Å². The van der Waals surface area contributed by atoms with Gasteiger partial charge in [0.2, 0.25) is 5.13 Å². The van der Waals surface area contributed by atoms with Crippen LogP contribution in [0.15, 0.2) is 46.8 Å². The molecule has 1 aromatic heterocycles. The number of hydrogen-bond donors (Lipinski definition) is 1. The molecule has 0 saturated heterocycles. The van der Waals surface area contributed by atoms with Crippen LogP contribution in [0.1, 0.15) is 29.2 Å². The number of anilines is 1. The van der Waals surface area contributed by atoms with Gasteiger partial charge in [-0.3, -0.25) is 10.1 Å². The lowest BCUT2D eigenvalue weighted by Crippen LogP contribution is -2.30. The second-order valence-electron chi connectivity index (χ2n) is 6.64. The summed E-state index contributed by atoms with van der Waals surface area (Å²) in [6, 6.07) is 14.2. The maximum atomic E-state index is 12.4. The highest BCUT2D eigenvalue weighted by Crippen LogP contribution is 2.28. The first-order valence-electron chi connectivity index (χ1n) is 8.97. The molecule has 3 aromatic rings. The number of carbonyl (C=O) groups is 1. The normalized spacial score (nSPS) is 11.9. The number of aryl methyl sites for hydroxylation is 3. The van der Waals surface area contributed by atoms with Crippen molar-refractivity contribution >= 4 is 34.1 Å². The van der Waals surface area contributed by atoms with Gasteiger partial charge in [0.1, 0.15) is 5.75 Å². The number of aromatic nitrogens is 2. The molecular weight excluding hydrogens is 390 g/mol. The molecule has 28 heavy (non-hydrogen) atoms. The number of thioether (sulfide) groups is 1. The lowest BCUT2D eigenvalue weighted by molar-refractivity contribution is -0.122. The van der Waals surface area contributed by atoms with E-state index in [1.54, 1.807) is 18.7 Å². The fourth-order valence-electron chi connectivity index (χ4n) is 2.40. The minimum absolute atomic E-state index is 0.246. The van der Waals surface area contributed by atoms with Crippen LogP contribution in [-0.2, 0) is 10.5 Å². The third-order valence-corrected chi connectivity index (χ3v) is 6.32. The smallest absolute Gasteiger partial charge is 0.266 e. The molecule has 0 bridgehead atoms. The van der Waals surface area contributed by atoms with Gasteiger partial charge in [0.15, 0.2) is 10.4 Å². The molecule has 1 amide bonds. The first-order valence-corrected chi connectivity index (χ1v) is 10.8. The first kappa shape index (κ1) is 20.4. The summed E-state index contributed by atoms with van der Waals surface area (Å²) in [5.41, 5.74) is 4.79. The van der Waals surface area contributed by atoms with Crippen molar-refractivity contribution in [2.45, 2.75) is 43.9 Å². The molecule has 1 atom stereocenters. The van der Waals surface area contributed by atoms with Crippen LogP contribution in [0, 0.1) is 20.8 Å². The molecule has 0 radical (unpaired) electrons. The van der Waals surface area contributed by atoms with Crippen LogP contribution < -0.4 is 10.1 Å². The Morgan fingerprint density at radius 1 is 1.11 bits per heavy atom. The molecule has 1 heterocycles. The standard InChI is InChI=1S/C21H23N3O2S2/c1-13-5-8-17(9-6-13)12-27-21-24-23-20(28-21)22-19(25)16(4)26-18-10-7-14(2)15(3)11-18/h5-11,16H,12H2,1-4H3,(H,22,23,25). The number of nitrogens with zero attached hydrogens (tertiary/aromatic N) is 2. The molecule has 0 saturated carbocycles. The van der Waals surface area contributed by atoms with E-state index in [0.717, 1.165) is 15.7 Å². The molecule has 146 valence electrons. The van der Waals surface area contributed by atoms with E-state index in [4.69, 9.17) is 4.74 Å². The summed E-state index contributed by atoms with van der Waals surface area (Å²) in [7, 11) is 0. The average Bonchev–Trinajstić information content (AvgIpc) is 3.11. The van der Waals surface area contributed by atoms with E-state index in [9.17, 15) is 4.79 Å². The molecule has 1 N–H and O–H groups in total. The van der Waals surface area contributed by atoms with Crippen LogP contribution in [0.25, 0.3) is 0 Å². The van der Waals surface area contributed by atoms with Gasteiger partial charge in [-0.1, -0.05) is 59.0 Å². The molecule has 7 heteroatoms. The predicted molar refractivity (Wildman–Crippen MR) is 115 cm³/mol. The number of carbonyl (C=O) groups excluding carboxylic acids is 1. The van der Waals surface area contributed by atoms with Crippen LogP contribution in [-0.4, -0.2) is 22.2 Å². The molecule has 3 rings (SSSR count). The van der Waals surface area contributed by atoms with E-state index in [1.165, 1.54) is 28.0 Å². The minimum Gasteiger partial charge on any atom is -0.481 e. The molecule has 0 aliphatic rings. The van der Waals surface area contributed by atoms with Gasteiger partial charge in [0, 0.05) is 5.75 Å². The van der Waals surface area contributed by atoms with E-state index in [2.05, 4.69) is 46.7 Å². The summed E-state index contributed by atoms with van der Waals surface area (Å²) in [5, 5.41) is 11.5. The number of rotatable bonds is 7. The minimum atomic E-state index is -0.630. The van der Waals surface area contributed by atoms with E-state index in [0.29, 0.717) is 10.9 Å². The lowest BCUT2D eigenvalue weighted by Gasteiger charge is -2.14. The largest absolute Gasteiger partial charge is 0.481 e. The maximum Gasteiger partial charge on any atom is 0.266 e. The number of ether oxygens (including phenoxy) is 1. The van der Waals surface area contributed by atoms with E-state index >= 15 is 0 Å². The summed E-state index contributed by atoms with van der Waals surface area (Å²) < 4.78 is 6.56. The molecule has 1 unspecified atom stereocenters. The van der Waals surface area contributed by atoms with Gasteiger partial charge in [-0.15, -0.1) is 10.2 Å². The van der Waals surface area contributed by atoms with Crippen molar-refractivity contribution in [3.63, 3.8) is 0 Å². The Labute approximate surface area is 173 Å². The molecular formula is C21H23N3O2S2. The zero-order chi connectivity index (χ0) is 20.1. The Morgan fingerprint density at radius 2 is 1.86 bits per heavy atom. The summed E-state index contributed by atoms with van der Waals surface area (Å²) in [6.45, 7) is 7.85. The van der Waals surface area contributed by atoms with Crippen LogP contribution in [0.3, 0.4) is 0 Å². The number of nitrogens with one attached hydrogen (secondary N) is 1. The van der Waals surface area contributed by atoms with Crippen molar-refractivity contribution in [2.24, 2.45) is 0 Å². The molecule has 0 aliphatic heterocycles. The summed E-state index contributed by atoms with van der Waals surface area (Å²) in [6.07, 6.45) is -0.630. The van der Waals surface area contributed by atoms with E-state index in [-0.39, 0.29) is 5.91 Å². The Hall–Kier alpha value is -2.38. The highest BCUT2D eigenvalue weighted by Gasteiger charge is 2.17. The van der Waals surface area contributed by atoms with E-state index < -0.39 is 6.10 Å². The highest BCUT2D eigenvalue weighted by atomic mass is 32.2. The summed E-state index contributed by atoms with van der Waals surface area (Å²) in [5.74, 6) is 1.25. The summed E-state index contributed by atoms with van der Waals surface area (Å²) in [4.78, 5) is 12.4. The van der Waals surface area contributed by atoms with Crippen molar-refractivity contribution < 1.29 is 9.53 Å². The molecule has 2 aromatic carbocycles. The van der Waals surface area contributed by atoms with Gasteiger partial charge in [-0.2, -0.15) is 0 Å². The monoisotopic (exact) mass is 413 g/mol.